The summed E-state index contributed by atoms with van der Waals surface area (Å²) in [5.41, 5.74) is 12.7. The van der Waals surface area contributed by atoms with Gasteiger partial charge in [-0.1, -0.05) is 162 Å². The monoisotopic (exact) mass is 890 g/mol. The van der Waals surface area contributed by atoms with Crippen molar-refractivity contribution < 1.29 is 13.9 Å². The molecule has 3 heterocycles. The van der Waals surface area contributed by atoms with Crippen LogP contribution in [0.15, 0.2) is 179 Å². The van der Waals surface area contributed by atoms with E-state index in [9.17, 15) is 0 Å². The Bertz CT molecular complexity index is 3430. The molecule has 9 unspecified atom stereocenters. The molecular formula is C63H58N2O3. The van der Waals surface area contributed by atoms with Crippen LogP contribution in [0.2, 0.25) is 0 Å². The molecule has 6 aromatic carbocycles. The zero-order valence-electron chi connectivity index (χ0n) is 39.4. The molecule has 1 N–H and O–H groups in total. The second kappa shape index (κ2) is 15.2. The van der Waals surface area contributed by atoms with Gasteiger partial charge in [-0.25, -0.2) is 0 Å². The number of ether oxygens (including phenoxy) is 2. The van der Waals surface area contributed by atoms with Gasteiger partial charge in [0, 0.05) is 73.4 Å². The van der Waals surface area contributed by atoms with Crippen LogP contribution in [0, 0.1) is 35.0 Å². The van der Waals surface area contributed by atoms with Crippen molar-refractivity contribution >= 4 is 66.1 Å². The molecule has 2 aliphatic heterocycles. The number of furan rings is 1. The lowest BCUT2D eigenvalue weighted by atomic mass is 9.73. The molecule has 7 aromatic rings. The highest BCUT2D eigenvalue weighted by atomic mass is 16.5. The lowest BCUT2D eigenvalue weighted by Gasteiger charge is -2.34. The summed E-state index contributed by atoms with van der Waals surface area (Å²) in [6, 6.07) is 40.2. The maximum atomic E-state index is 7.43. The predicted octanol–water partition coefficient (Wildman–Crippen LogP) is 16.1. The van der Waals surface area contributed by atoms with Crippen LogP contribution in [0.3, 0.4) is 0 Å². The molecule has 7 aliphatic rings. The number of allylic oxidation sites excluding steroid dienone is 7. The Morgan fingerprint density at radius 2 is 1.59 bits per heavy atom. The minimum Gasteiger partial charge on any atom is -0.483 e. The average Bonchev–Trinajstić information content (AvgIpc) is 3.67. The van der Waals surface area contributed by atoms with Crippen molar-refractivity contribution in [3.63, 3.8) is 0 Å². The van der Waals surface area contributed by atoms with Crippen LogP contribution in [-0.2, 0) is 4.74 Å². The van der Waals surface area contributed by atoms with Gasteiger partial charge in [-0.05, 0) is 95.2 Å². The molecule has 0 amide bonds. The summed E-state index contributed by atoms with van der Waals surface area (Å²) in [7, 11) is 0. The van der Waals surface area contributed by atoms with Gasteiger partial charge >= 0.3 is 0 Å². The highest BCUT2D eigenvalue weighted by Crippen LogP contribution is 2.64. The minimum absolute atomic E-state index is 0.0187. The second-order valence-electron chi connectivity index (χ2n) is 21.6. The Kier molecular flexibility index (Phi) is 9.07. The van der Waals surface area contributed by atoms with E-state index in [4.69, 9.17) is 13.9 Å². The van der Waals surface area contributed by atoms with E-state index in [0.29, 0.717) is 35.5 Å². The molecule has 1 aromatic heterocycles. The van der Waals surface area contributed by atoms with Crippen LogP contribution in [0.25, 0.3) is 49.1 Å². The van der Waals surface area contributed by atoms with Crippen LogP contribution in [0.1, 0.15) is 76.8 Å². The van der Waals surface area contributed by atoms with E-state index in [2.05, 4.69) is 196 Å². The molecule has 5 nitrogen and oxygen atoms in total. The van der Waals surface area contributed by atoms with Crippen LogP contribution in [0.5, 0.6) is 5.75 Å². The van der Waals surface area contributed by atoms with Crippen LogP contribution in [0.4, 0.5) is 17.1 Å². The smallest absolute Gasteiger partial charge is 0.147 e. The third kappa shape index (κ3) is 6.17. The first kappa shape index (κ1) is 40.5. The Morgan fingerprint density at radius 1 is 0.779 bits per heavy atom. The number of nitrogens with one attached hydrogen (secondary N) is 1. The molecule has 68 heavy (non-hydrogen) atoms. The first-order valence-electron chi connectivity index (χ1n) is 25.4. The van der Waals surface area contributed by atoms with E-state index in [1.165, 1.54) is 28.7 Å². The highest BCUT2D eigenvalue weighted by molar-refractivity contribution is 6.27. The van der Waals surface area contributed by atoms with E-state index in [1.807, 2.05) is 0 Å². The number of anilines is 3. The largest absolute Gasteiger partial charge is 0.483 e. The first-order valence-corrected chi connectivity index (χ1v) is 25.4. The van der Waals surface area contributed by atoms with Crippen molar-refractivity contribution in [1.82, 2.24) is 0 Å². The average molecular weight is 891 g/mol. The van der Waals surface area contributed by atoms with Crippen molar-refractivity contribution in [2.75, 3.05) is 10.2 Å². The summed E-state index contributed by atoms with van der Waals surface area (Å²) >= 11 is 0. The van der Waals surface area contributed by atoms with Gasteiger partial charge in [0.1, 0.15) is 29.1 Å². The van der Waals surface area contributed by atoms with Gasteiger partial charge in [0.2, 0.25) is 0 Å². The molecule has 0 bridgehead atoms. The standard InChI is InChI=1S/C63H58N2O3/c1-5-36-19-14-26-45-46-27-15-29-51(60(46)67-58(36)45)64-52-35-55-56(43-24-11-9-22-41(43)52)49-34-54(42-23-10-12-25-44(42)59(49)66-55)65(40-21-13-20-38(31-40)37-17-7-6-8-18-37)53-30-16-28-47-57-48-32-39(48)33-50(63(2,3)4)62(57)68-61(47)53/h6-12,14-18,21-31,33-36,39,45-46,48,57-58,60,62,64H,5,13,19-20,32H2,1-4H3. The molecule has 0 spiro atoms. The van der Waals surface area contributed by atoms with Gasteiger partial charge in [0.05, 0.1) is 17.5 Å². The van der Waals surface area contributed by atoms with Gasteiger partial charge in [0.15, 0.2) is 0 Å². The number of fused-ring (bicyclic) bond motifs is 15. The summed E-state index contributed by atoms with van der Waals surface area (Å²) in [6.07, 6.45) is 24.7. The van der Waals surface area contributed by atoms with Crippen LogP contribution in [-0.4, -0.2) is 18.3 Å². The molecule has 338 valence electrons. The third-order valence-electron chi connectivity index (χ3n) is 16.8. The van der Waals surface area contributed by atoms with Gasteiger partial charge in [-0.3, -0.25) is 0 Å². The van der Waals surface area contributed by atoms with Gasteiger partial charge in [-0.2, -0.15) is 0 Å². The molecular weight excluding hydrogens is 833 g/mol. The van der Waals surface area contributed by atoms with Crippen LogP contribution >= 0.6 is 0 Å². The molecule has 1 saturated carbocycles. The number of para-hydroxylation sites is 1. The third-order valence-corrected chi connectivity index (χ3v) is 16.8. The number of hydrogen-bond acceptors (Lipinski definition) is 5. The zero-order valence-corrected chi connectivity index (χ0v) is 39.4. The van der Waals surface area contributed by atoms with Crippen molar-refractivity contribution in [2.24, 2.45) is 35.0 Å². The van der Waals surface area contributed by atoms with Crippen molar-refractivity contribution in [1.29, 1.82) is 0 Å². The van der Waals surface area contributed by atoms with Crippen molar-refractivity contribution in [2.45, 2.75) is 84.0 Å². The lowest BCUT2D eigenvalue weighted by Crippen LogP contribution is -2.32. The maximum absolute atomic E-state index is 7.43. The number of benzene rings is 6. The molecule has 9 atom stereocenters. The normalized spacial score (nSPS) is 27.7. The fourth-order valence-corrected chi connectivity index (χ4v) is 13.4. The van der Waals surface area contributed by atoms with Crippen molar-refractivity contribution in [3.05, 3.63) is 186 Å². The van der Waals surface area contributed by atoms with Gasteiger partial charge in [0.25, 0.3) is 0 Å². The van der Waals surface area contributed by atoms with E-state index >= 15 is 0 Å². The van der Waals surface area contributed by atoms with E-state index in [1.54, 1.807) is 0 Å². The Hall–Kier alpha value is -6.56. The molecule has 14 rings (SSSR count). The zero-order chi connectivity index (χ0) is 45.4. The fourth-order valence-electron chi connectivity index (χ4n) is 13.4. The van der Waals surface area contributed by atoms with Crippen LogP contribution < -0.4 is 15.0 Å². The summed E-state index contributed by atoms with van der Waals surface area (Å²) in [6.45, 7) is 9.37. The van der Waals surface area contributed by atoms with E-state index < -0.39 is 0 Å². The first-order chi connectivity index (χ1) is 33.3. The fraction of sp³-hybridized carbons (Fsp3) is 0.302. The van der Waals surface area contributed by atoms with E-state index in [-0.39, 0.29) is 23.7 Å². The quantitative estimate of drug-likeness (QED) is 0.162. The topological polar surface area (TPSA) is 46.9 Å². The molecule has 0 radical (unpaired) electrons. The SMILES string of the molecule is CCC1CC=CC2C3C=CC=C(Nc4cc5oc6c7ccccc7c(N(C7=CCCC(c8ccccc8)=C7)c7cccc8c7OC7C(C(C)(C)C)=CC9CC9C87)cc6c5c5ccccc45)C3OC12. The Labute approximate surface area is 399 Å². The van der Waals surface area contributed by atoms with E-state index in [0.717, 1.165) is 103 Å². The summed E-state index contributed by atoms with van der Waals surface area (Å²) in [4.78, 5) is 2.53. The Morgan fingerprint density at radius 3 is 2.43 bits per heavy atom. The highest BCUT2D eigenvalue weighted by Gasteiger charge is 2.56. The Balaban J connectivity index is 0.951. The van der Waals surface area contributed by atoms with Gasteiger partial charge < -0.3 is 24.1 Å². The molecule has 5 aliphatic carbocycles. The number of hydrogen-bond donors (Lipinski definition) is 1. The maximum Gasteiger partial charge on any atom is 0.147 e. The molecule has 1 saturated heterocycles. The molecule has 5 heteroatoms. The summed E-state index contributed by atoms with van der Waals surface area (Å²) in [5.74, 6) is 3.92. The lowest BCUT2D eigenvalue weighted by molar-refractivity contribution is 0.0126. The van der Waals surface area contributed by atoms with Crippen molar-refractivity contribution in [3.8, 4) is 5.75 Å². The summed E-state index contributed by atoms with van der Waals surface area (Å²) in [5, 5.41) is 10.7. The minimum atomic E-state index is -0.0193. The van der Waals surface area contributed by atoms with Gasteiger partial charge in [-0.15, -0.1) is 0 Å². The summed E-state index contributed by atoms with van der Waals surface area (Å²) < 4.78 is 21.6. The number of rotatable bonds is 7. The second-order valence-corrected chi connectivity index (χ2v) is 21.6. The molecule has 2 fully saturated rings. The number of nitrogens with zero attached hydrogens (tertiary/aromatic N) is 1. The predicted molar refractivity (Wildman–Crippen MR) is 279 cm³/mol.